The largest absolute Gasteiger partial charge is 0.381 e. The van der Waals surface area contributed by atoms with Gasteiger partial charge in [0.25, 0.3) is 0 Å². The number of halogens is 2. The zero-order valence-corrected chi connectivity index (χ0v) is 15.4. The fourth-order valence-corrected chi connectivity index (χ4v) is 3.03. The van der Waals surface area contributed by atoms with E-state index in [1.807, 2.05) is 48.5 Å². The summed E-state index contributed by atoms with van der Waals surface area (Å²) in [7, 11) is 0. The van der Waals surface area contributed by atoms with Gasteiger partial charge >= 0.3 is 0 Å². The van der Waals surface area contributed by atoms with Gasteiger partial charge in [0.1, 0.15) is 0 Å². The van der Waals surface area contributed by atoms with Gasteiger partial charge in [-0.2, -0.15) is 0 Å². The Bertz CT molecular complexity index is 714. The van der Waals surface area contributed by atoms with Crippen molar-refractivity contribution >= 4 is 29.9 Å². The summed E-state index contributed by atoms with van der Waals surface area (Å²) in [5.74, 6) is -0.114. The number of carbonyl (C=O) groups is 1. The van der Waals surface area contributed by atoms with Crippen molar-refractivity contribution in [3.63, 3.8) is 0 Å². The van der Waals surface area contributed by atoms with E-state index in [4.69, 9.17) is 22.1 Å². The summed E-state index contributed by atoms with van der Waals surface area (Å²) < 4.78 is 5.29. The smallest absolute Gasteiger partial charge is 0.240 e. The van der Waals surface area contributed by atoms with Crippen LogP contribution in [0.4, 0.5) is 0 Å². The van der Waals surface area contributed by atoms with E-state index in [2.05, 4.69) is 5.32 Å². The number of carbonyl (C=O) groups excluding carboxylic acids is 1. The summed E-state index contributed by atoms with van der Waals surface area (Å²) in [5.41, 5.74) is 8.59. The third-order valence-electron chi connectivity index (χ3n) is 4.45. The Hall–Kier alpha value is -1.59. The Morgan fingerprint density at radius 2 is 1.76 bits per heavy atom. The quantitative estimate of drug-likeness (QED) is 0.851. The van der Waals surface area contributed by atoms with E-state index in [1.54, 1.807) is 0 Å². The number of nitrogens with two attached hydrogens (primary N) is 1. The van der Waals surface area contributed by atoms with Gasteiger partial charge in [-0.25, -0.2) is 0 Å². The predicted molar refractivity (Wildman–Crippen MR) is 103 cm³/mol. The molecule has 1 saturated heterocycles. The number of rotatable bonds is 4. The van der Waals surface area contributed by atoms with Crippen LogP contribution in [0.15, 0.2) is 48.5 Å². The highest BCUT2D eigenvalue weighted by molar-refractivity contribution is 6.30. The Labute approximate surface area is 159 Å². The molecule has 0 radical (unpaired) electrons. The number of ether oxygens (including phenoxy) is 1. The van der Waals surface area contributed by atoms with Crippen molar-refractivity contribution < 1.29 is 9.53 Å². The second-order valence-corrected chi connectivity index (χ2v) is 6.55. The molecule has 0 spiro atoms. The Morgan fingerprint density at radius 1 is 1.12 bits per heavy atom. The molecule has 3 N–H and O–H groups in total. The molecule has 2 aromatic carbocycles. The molecule has 134 valence electrons. The van der Waals surface area contributed by atoms with Gasteiger partial charge in [0, 0.05) is 24.8 Å². The van der Waals surface area contributed by atoms with E-state index in [0.29, 0.717) is 37.6 Å². The molecule has 1 aliphatic rings. The minimum atomic E-state index is -0.826. The lowest BCUT2D eigenvalue weighted by Crippen LogP contribution is -2.56. The highest BCUT2D eigenvalue weighted by atomic mass is 35.5. The highest BCUT2D eigenvalue weighted by Gasteiger charge is 2.35. The fraction of sp³-hybridized carbons (Fsp3) is 0.316. The monoisotopic (exact) mass is 380 g/mol. The molecule has 4 nitrogen and oxygen atoms in total. The first-order valence-corrected chi connectivity index (χ1v) is 8.45. The molecule has 1 amide bonds. The third kappa shape index (κ3) is 4.73. The summed E-state index contributed by atoms with van der Waals surface area (Å²) in [5, 5.41) is 3.69. The zero-order chi connectivity index (χ0) is 17.0. The Morgan fingerprint density at radius 3 is 2.44 bits per heavy atom. The predicted octanol–water partition coefficient (Wildman–Crippen LogP) is 3.55. The van der Waals surface area contributed by atoms with Gasteiger partial charge in [-0.15, -0.1) is 12.4 Å². The van der Waals surface area contributed by atoms with Crippen molar-refractivity contribution in [3.05, 3.63) is 59.1 Å². The van der Waals surface area contributed by atoms with Crippen LogP contribution in [0.25, 0.3) is 11.1 Å². The van der Waals surface area contributed by atoms with E-state index in [9.17, 15) is 4.79 Å². The van der Waals surface area contributed by atoms with Crippen molar-refractivity contribution in [1.82, 2.24) is 5.32 Å². The maximum Gasteiger partial charge on any atom is 0.240 e. The van der Waals surface area contributed by atoms with Gasteiger partial charge in [-0.1, -0.05) is 48.0 Å². The highest BCUT2D eigenvalue weighted by Crippen LogP contribution is 2.25. The summed E-state index contributed by atoms with van der Waals surface area (Å²) in [6.07, 6.45) is 1.11. The lowest BCUT2D eigenvalue weighted by Gasteiger charge is -2.31. The van der Waals surface area contributed by atoms with Crippen molar-refractivity contribution in [1.29, 1.82) is 0 Å². The lowest BCUT2D eigenvalue weighted by molar-refractivity contribution is -0.129. The summed E-state index contributed by atoms with van der Waals surface area (Å²) in [6, 6.07) is 15.7. The maximum absolute atomic E-state index is 12.5. The second-order valence-electron chi connectivity index (χ2n) is 6.12. The van der Waals surface area contributed by atoms with Crippen LogP contribution in [0.5, 0.6) is 0 Å². The molecule has 0 saturated carbocycles. The molecule has 0 aromatic heterocycles. The van der Waals surface area contributed by atoms with Crippen molar-refractivity contribution in [2.24, 2.45) is 5.73 Å². The lowest BCUT2D eigenvalue weighted by atomic mass is 9.90. The van der Waals surface area contributed by atoms with Gasteiger partial charge in [0.15, 0.2) is 0 Å². The van der Waals surface area contributed by atoms with Gasteiger partial charge in [-0.3, -0.25) is 4.79 Å². The molecular weight excluding hydrogens is 359 g/mol. The first-order valence-electron chi connectivity index (χ1n) is 8.07. The molecule has 1 heterocycles. The number of amides is 1. The van der Waals surface area contributed by atoms with E-state index in [0.717, 1.165) is 16.7 Å². The van der Waals surface area contributed by atoms with E-state index >= 15 is 0 Å². The molecule has 0 unspecified atom stereocenters. The van der Waals surface area contributed by atoms with Crippen molar-refractivity contribution in [3.8, 4) is 11.1 Å². The Balaban J connectivity index is 0.00000225. The molecule has 25 heavy (non-hydrogen) atoms. The second kappa shape index (κ2) is 8.68. The third-order valence-corrected chi connectivity index (χ3v) is 4.70. The molecule has 0 bridgehead atoms. The minimum absolute atomic E-state index is 0. The normalized spacial score (nSPS) is 15.9. The van der Waals surface area contributed by atoms with Gasteiger partial charge < -0.3 is 15.8 Å². The van der Waals surface area contributed by atoms with Crippen LogP contribution in [-0.2, 0) is 16.1 Å². The maximum atomic E-state index is 12.5. The van der Waals surface area contributed by atoms with Crippen LogP contribution in [-0.4, -0.2) is 24.7 Å². The average Bonchev–Trinajstić information content (AvgIpc) is 2.61. The topological polar surface area (TPSA) is 64.4 Å². The molecule has 6 heteroatoms. The molecule has 2 aromatic rings. The summed E-state index contributed by atoms with van der Waals surface area (Å²) in [4.78, 5) is 12.5. The molecule has 1 fully saturated rings. The van der Waals surface area contributed by atoms with Crippen LogP contribution in [0.1, 0.15) is 18.4 Å². The molecule has 0 aliphatic carbocycles. The number of hydrogen-bond donors (Lipinski definition) is 2. The first-order chi connectivity index (χ1) is 11.6. The number of benzene rings is 2. The van der Waals surface area contributed by atoms with Crippen LogP contribution >= 0.6 is 24.0 Å². The molecule has 3 rings (SSSR count). The van der Waals surface area contributed by atoms with E-state index < -0.39 is 5.54 Å². The summed E-state index contributed by atoms with van der Waals surface area (Å²) >= 11 is 5.96. The van der Waals surface area contributed by atoms with E-state index in [1.165, 1.54) is 0 Å². The molecule has 1 aliphatic heterocycles. The van der Waals surface area contributed by atoms with Crippen molar-refractivity contribution in [2.45, 2.75) is 24.9 Å². The van der Waals surface area contributed by atoms with Crippen molar-refractivity contribution in [2.75, 3.05) is 13.2 Å². The zero-order valence-electron chi connectivity index (χ0n) is 13.8. The molecular formula is C19H22Cl2N2O2. The van der Waals surface area contributed by atoms with Crippen LogP contribution in [0.2, 0.25) is 5.02 Å². The summed E-state index contributed by atoms with van der Waals surface area (Å²) in [6.45, 7) is 1.51. The SMILES string of the molecule is Cl.NC1(C(=O)NCc2ccccc2-c2ccc(Cl)cc2)CCOCC1. The first kappa shape index (κ1) is 19.7. The minimum Gasteiger partial charge on any atom is -0.381 e. The van der Waals surface area contributed by atoms with Crippen LogP contribution in [0, 0.1) is 0 Å². The van der Waals surface area contributed by atoms with Gasteiger partial charge in [0.2, 0.25) is 5.91 Å². The van der Waals surface area contributed by atoms with E-state index in [-0.39, 0.29) is 18.3 Å². The average molecular weight is 381 g/mol. The molecule has 0 atom stereocenters. The number of hydrogen-bond acceptors (Lipinski definition) is 3. The van der Waals surface area contributed by atoms with Gasteiger partial charge in [-0.05, 0) is 41.7 Å². The number of nitrogens with one attached hydrogen (secondary N) is 1. The van der Waals surface area contributed by atoms with Crippen LogP contribution < -0.4 is 11.1 Å². The van der Waals surface area contributed by atoms with Crippen LogP contribution in [0.3, 0.4) is 0 Å². The fourth-order valence-electron chi connectivity index (χ4n) is 2.90. The standard InChI is InChI=1S/C19H21ClN2O2.ClH/c20-16-7-5-14(6-8-16)17-4-2-1-3-15(17)13-22-18(23)19(21)9-11-24-12-10-19;/h1-8H,9-13,21H2,(H,22,23);1H. The van der Waals surface area contributed by atoms with Gasteiger partial charge in [0.05, 0.1) is 5.54 Å². The Kier molecular flexibility index (Phi) is 6.85.